The second-order valence-electron chi connectivity index (χ2n) is 11.3. The van der Waals surface area contributed by atoms with Crippen molar-refractivity contribution in [1.82, 2.24) is 24.3 Å². The lowest BCUT2D eigenvalue weighted by molar-refractivity contribution is -0.137. The van der Waals surface area contributed by atoms with Gasteiger partial charge in [-0.05, 0) is 56.0 Å². The second-order valence-corrected chi connectivity index (χ2v) is 11.3. The third-order valence-corrected chi connectivity index (χ3v) is 8.83. The highest BCUT2D eigenvalue weighted by Gasteiger charge is 2.66. The van der Waals surface area contributed by atoms with Crippen molar-refractivity contribution in [1.29, 1.82) is 0 Å². The molecule has 4 N–H and O–H groups in total. The number of nitrogens with one attached hydrogen (secondary N) is 1. The van der Waals surface area contributed by atoms with E-state index in [0.717, 1.165) is 18.3 Å². The summed E-state index contributed by atoms with van der Waals surface area (Å²) >= 11 is 0. The summed E-state index contributed by atoms with van der Waals surface area (Å²) < 4.78 is 56.4. The quantitative estimate of drug-likeness (QED) is 0.303. The number of anilines is 2. The Kier molecular flexibility index (Phi) is 6.00. The van der Waals surface area contributed by atoms with Gasteiger partial charge in [-0.25, -0.2) is 19.3 Å². The molecule has 1 saturated carbocycles. The first kappa shape index (κ1) is 27.3. The number of amides is 2. The number of nitrogens with zero attached hydrogens (tertiary/aromatic N) is 5. The normalized spacial score (nSPS) is 22.7. The molecule has 43 heavy (non-hydrogen) atoms. The number of aliphatic hydroxyl groups is 1. The first-order valence-corrected chi connectivity index (χ1v) is 13.7. The first-order chi connectivity index (χ1) is 20.5. The summed E-state index contributed by atoms with van der Waals surface area (Å²) in [6.07, 6.45) is 1.40. The number of fused-ring (bicyclic) bond motifs is 2. The molecular formula is C29H25F4N7O3. The Bertz CT molecular complexity index is 1800. The largest absolute Gasteiger partial charge is 0.416 e. The maximum absolute atomic E-state index is 15.6. The van der Waals surface area contributed by atoms with Gasteiger partial charge in [0.15, 0.2) is 0 Å². The van der Waals surface area contributed by atoms with Crippen LogP contribution in [0.2, 0.25) is 0 Å². The molecule has 222 valence electrons. The van der Waals surface area contributed by atoms with E-state index in [9.17, 15) is 27.9 Å². The number of alkyl halides is 3. The number of benzene rings is 1. The highest BCUT2D eigenvalue weighted by molar-refractivity contribution is 6.04. The maximum Gasteiger partial charge on any atom is 0.416 e. The van der Waals surface area contributed by atoms with E-state index in [0.29, 0.717) is 49.6 Å². The van der Waals surface area contributed by atoms with Crippen molar-refractivity contribution in [3.05, 3.63) is 71.7 Å². The Morgan fingerprint density at radius 3 is 2.63 bits per heavy atom. The molecule has 1 spiro atoms. The lowest BCUT2D eigenvalue weighted by Gasteiger charge is -2.35. The average Bonchev–Trinajstić information content (AvgIpc) is 3.66. The van der Waals surface area contributed by atoms with Crippen molar-refractivity contribution in [2.75, 3.05) is 17.6 Å². The molecule has 0 bridgehead atoms. The summed E-state index contributed by atoms with van der Waals surface area (Å²) in [6.45, 7) is 0.355. The molecule has 0 radical (unpaired) electrons. The van der Waals surface area contributed by atoms with E-state index < -0.39 is 35.0 Å². The fourth-order valence-corrected chi connectivity index (χ4v) is 6.46. The van der Waals surface area contributed by atoms with E-state index >= 15 is 4.39 Å². The number of nitrogen functional groups attached to an aromatic ring is 1. The van der Waals surface area contributed by atoms with Gasteiger partial charge in [-0.15, -0.1) is 0 Å². The van der Waals surface area contributed by atoms with Crippen molar-refractivity contribution in [3.63, 3.8) is 0 Å². The summed E-state index contributed by atoms with van der Waals surface area (Å²) in [5.41, 5.74) is 5.03. The van der Waals surface area contributed by atoms with E-state index in [-0.39, 0.29) is 46.3 Å². The molecule has 3 atom stereocenters. The van der Waals surface area contributed by atoms with Crippen LogP contribution in [0, 0.1) is 11.2 Å². The van der Waals surface area contributed by atoms with Gasteiger partial charge >= 0.3 is 6.18 Å². The number of carbonyl (C=O) groups is 2. The van der Waals surface area contributed by atoms with Crippen LogP contribution in [-0.4, -0.2) is 59.9 Å². The summed E-state index contributed by atoms with van der Waals surface area (Å²) in [4.78, 5) is 40.3. The molecule has 1 aromatic carbocycles. The minimum absolute atomic E-state index is 0.0304. The fourth-order valence-electron chi connectivity index (χ4n) is 6.46. The zero-order valence-corrected chi connectivity index (χ0v) is 22.5. The molecule has 2 amide bonds. The molecule has 3 aliphatic rings. The molecule has 5 heterocycles. The molecule has 14 heteroatoms. The lowest BCUT2D eigenvalue weighted by atomic mass is 9.89. The Balaban J connectivity index is 1.19. The molecule has 3 aromatic heterocycles. The van der Waals surface area contributed by atoms with Crippen molar-refractivity contribution >= 4 is 29.0 Å². The number of imidazole rings is 1. The zero-order chi connectivity index (χ0) is 30.3. The smallest absolute Gasteiger partial charge is 0.390 e. The second kappa shape index (κ2) is 9.46. The number of hydrogen-bond donors (Lipinski definition) is 3. The Labute approximate surface area is 241 Å². The van der Waals surface area contributed by atoms with E-state index in [2.05, 4.69) is 15.3 Å². The number of hydrogen-bond acceptors (Lipinski definition) is 7. The number of nitrogens with two attached hydrogens (primary N) is 1. The van der Waals surface area contributed by atoms with Gasteiger partial charge in [-0.3, -0.25) is 14.0 Å². The molecule has 3 fully saturated rings. The van der Waals surface area contributed by atoms with Gasteiger partial charge in [0, 0.05) is 42.2 Å². The highest BCUT2D eigenvalue weighted by Crippen LogP contribution is 2.58. The van der Waals surface area contributed by atoms with Crippen LogP contribution >= 0.6 is 0 Å². The van der Waals surface area contributed by atoms with Crippen LogP contribution in [0.1, 0.15) is 53.3 Å². The topological polar surface area (TPSA) is 139 Å². The molecule has 10 nitrogen and oxygen atoms in total. The van der Waals surface area contributed by atoms with Crippen molar-refractivity contribution in [2.24, 2.45) is 5.41 Å². The number of carbonyl (C=O) groups excluding carboxylic acids is 2. The SMILES string of the molecule is Nc1nccn2c([C@@H]3CC[C@H]4[C@@H](O)C5(CC5)C(=O)N4C3)nc(-c3ccc(C(=O)Nc4cc(C(F)(F)F)ccn4)cc3F)c12. The number of piperidine rings is 1. The van der Waals surface area contributed by atoms with Crippen LogP contribution in [0.5, 0.6) is 0 Å². The average molecular weight is 596 g/mol. The van der Waals surface area contributed by atoms with Gasteiger partial charge in [0.25, 0.3) is 5.91 Å². The van der Waals surface area contributed by atoms with Crippen LogP contribution < -0.4 is 11.1 Å². The molecular weight excluding hydrogens is 570 g/mol. The monoisotopic (exact) mass is 595 g/mol. The Morgan fingerprint density at radius 1 is 1.12 bits per heavy atom. The molecule has 7 rings (SSSR count). The molecule has 2 saturated heterocycles. The Morgan fingerprint density at radius 2 is 1.91 bits per heavy atom. The maximum atomic E-state index is 15.6. The minimum atomic E-state index is -4.62. The van der Waals surface area contributed by atoms with Crippen molar-refractivity contribution in [2.45, 2.75) is 49.9 Å². The van der Waals surface area contributed by atoms with Gasteiger partial charge in [0.1, 0.15) is 34.5 Å². The zero-order valence-electron chi connectivity index (χ0n) is 22.5. The van der Waals surface area contributed by atoms with Crippen LogP contribution in [0.4, 0.5) is 29.2 Å². The lowest BCUT2D eigenvalue weighted by Crippen LogP contribution is -2.44. The fraction of sp³-hybridized carbons (Fsp3) is 0.345. The first-order valence-electron chi connectivity index (χ1n) is 13.7. The van der Waals surface area contributed by atoms with E-state index in [1.54, 1.807) is 15.5 Å². The molecule has 1 aliphatic carbocycles. The van der Waals surface area contributed by atoms with Crippen LogP contribution in [0.15, 0.2) is 48.9 Å². The van der Waals surface area contributed by atoms with E-state index in [4.69, 9.17) is 10.7 Å². The molecule has 2 aliphatic heterocycles. The van der Waals surface area contributed by atoms with Gasteiger partial charge < -0.3 is 21.1 Å². The standard InChI is InChI=1S/C29H25F4N7O3/c30-18-11-14(26(42)37-20-12-16(5-8-35-20)29(31,32)33)1-3-17(18)21-22-24(34)36-9-10-39(22)25(38-21)15-2-4-19-23(41)28(6-7-28)27(43)40(19)13-15/h1,3,5,8-12,15,19,23,41H,2,4,6-7,13H2,(H2,34,36)(H,35,37,42)/t15-,19+,23-/m1/s1. The van der Waals surface area contributed by atoms with Crippen molar-refractivity contribution < 1.29 is 32.3 Å². The third kappa shape index (κ3) is 4.30. The minimum Gasteiger partial charge on any atom is -0.390 e. The summed E-state index contributed by atoms with van der Waals surface area (Å²) in [5, 5.41) is 13.1. The third-order valence-electron chi connectivity index (χ3n) is 8.83. The number of halogens is 4. The molecule has 4 aromatic rings. The summed E-state index contributed by atoms with van der Waals surface area (Å²) in [6, 6.07) is 4.85. The number of aliphatic hydroxyl groups excluding tert-OH is 1. The van der Waals surface area contributed by atoms with Gasteiger partial charge in [0.2, 0.25) is 5.91 Å². The van der Waals surface area contributed by atoms with E-state index in [1.807, 2.05) is 0 Å². The number of rotatable bonds is 4. The predicted molar refractivity (Wildman–Crippen MR) is 145 cm³/mol. The van der Waals surface area contributed by atoms with Gasteiger partial charge in [-0.1, -0.05) is 0 Å². The van der Waals surface area contributed by atoms with Gasteiger partial charge in [-0.2, -0.15) is 13.2 Å². The highest BCUT2D eigenvalue weighted by atomic mass is 19.4. The van der Waals surface area contributed by atoms with E-state index in [1.165, 1.54) is 18.3 Å². The number of pyridine rings is 1. The summed E-state index contributed by atoms with van der Waals surface area (Å²) in [7, 11) is 0. The van der Waals surface area contributed by atoms with Crippen LogP contribution in [0.25, 0.3) is 16.8 Å². The van der Waals surface area contributed by atoms with Crippen LogP contribution in [-0.2, 0) is 11.0 Å². The summed E-state index contributed by atoms with van der Waals surface area (Å²) in [5.74, 6) is -1.57. The van der Waals surface area contributed by atoms with Crippen LogP contribution in [0.3, 0.4) is 0 Å². The number of aromatic nitrogens is 4. The molecule has 0 unspecified atom stereocenters. The predicted octanol–water partition coefficient (Wildman–Crippen LogP) is 4.01. The van der Waals surface area contributed by atoms with Crippen molar-refractivity contribution in [3.8, 4) is 11.3 Å². The Hall–Kier alpha value is -4.59. The van der Waals surface area contributed by atoms with Gasteiger partial charge in [0.05, 0.1) is 23.1 Å².